The summed E-state index contributed by atoms with van der Waals surface area (Å²) in [6, 6.07) is 5.01. The molecule has 4 nitrogen and oxygen atoms in total. The zero-order valence-electron chi connectivity index (χ0n) is 12.9. The standard InChI is InChI=1S/C16H21FN4/c1-5-7-13-19-15(18-4)11(3)16(20-13)21-14-10(2)8-6-9-12(14)17/h6,8-9H,5,7H2,1-4H3,(H2,18,19,20,21). The summed E-state index contributed by atoms with van der Waals surface area (Å²) < 4.78 is 14.0. The molecule has 0 bridgehead atoms. The van der Waals surface area contributed by atoms with Crippen molar-refractivity contribution in [3.8, 4) is 0 Å². The van der Waals surface area contributed by atoms with Crippen LogP contribution in [-0.4, -0.2) is 17.0 Å². The fourth-order valence-corrected chi connectivity index (χ4v) is 2.17. The Balaban J connectivity index is 2.45. The van der Waals surface area contributed by atoms with Crippen molar-refractivity contribution in [3.63, 3.8) is 0 Å². The minimum atomic E-state index is -0.281. The first-order valence-corrected chi connectivity index (χ1v) is 7.14. The highest BCUT2D eigenvalue weighted by Gasteiger charge is 2.13. The van der Waals surface area contributed by atoms with Gasteiger partial charge in [0.2, 0.25) is 0 Å². The summed E-state index contributed by atoms with van der Waals surface area (Å²) in [4.78, 5) is 8.99. The lowest BCUT2D eigenvalue weighted by Crippen LogP contribution is -2.08. The van der Waals surface area contributed by atoms with Gasteiger partial charge in [-0.15, -0.1) is 0 Å². The molecule has 21 heavy (non-hydrogen) atoms. The van der Waals surface area contributed by atoms with Crippen molar-refractivity contribution in [2.45, 2.75) is 33.6 Å². The molecule has 0 unspecified atom stereocenters. The number of anilines is 3. The third kappa shape index (κ3) is 3.29. The van der Waals surface area contributed by atoms with Crippen LogP contribution in [0.2, 0.25) is 0 Å². The van der Waals surface area contributed by atoms with Gasteiger partial charge in [-0.1, -0.05) is 19.1 Å². The van der Waals surface area contributed by atoms with Crippen LogP contribution in [0.15, 0.2) is 18.2 Å². The number of hydrogen-bond acceptors (Lipinski definition) is 4. The molecular formula is C16H21FN4. The second-order valence-electron chi connectivity index (χ2n) is 5.02. The van der Waals surface area contributed by atoms with E-state index < -0.39 is 0 Å². The number of para-hydroxylation sites is 1. The highest BCUT2D eigenvalue weighted by atomic mass is 19.1. The molecule has 2 aromatic rings. The Kier molecular flexibility index (Phi) is 4.73. The second kappa shape index (κ2) is 6.52. The van der Waals surface area contributed by atoms with Crippen molar-refractivity contribution in [1.29, 1.82) is 0 Å². The fourth-order valence-electron chi connectivity index (χ4n) is 2.17. The smallest absolute Gasteiger partial charge is 0.146 e. The molecule has 0 saturated carbocycles. The van der Waals surface area contributed by atoms with Gasteiger partial charge in [-0.05, 0) is 31.9 Å². The van der Waals surface area contributed by atoms with Crippen molar-refractivity contribution >= 4 is 17.3 Å². The van der Waals surface area contributed by atoms with E-state index in [1.807, 2.05) is 27.0 Å². The van der Waals surface area contributed by atoms with Gasteiger partial charge in [0.1, 0.15) is 23.3 Å². The van der Waals surface area contributed by atoms with E-state index in [0.717, 1.165) is 35.6 Å². The van der Waals surface area contributed by atoms with Gasteiger partial charge in [0.15, 0.2) is 0 Å². The molecule has 112 valence electrons. The van der Waals surface area contributed by atoms with E-state index in [-0.39, 0.29) is 5.82 Å². The molecule has 0 radical (unpaired) electrons. The predicted octanol–water partition coefficient (Wildman–Crippen LogP) is 3.97. The molecule has 0 fully saturated rings. The number of aromatic nitrogens is 2. The van der Waals surface area contributed by atoms with Crippen LogP contribution < -0.4 is 10.6 Å². The number of nitrogens with one attached hydrogen (secondary N) is 2. The quantitative estimate of drug-likeness (QED) is 0.874. The van der Waals surface area contributed by atoms with Crippen LogP contribution in [0.1, 0.15) is 30.3 Å². The Hall–Kier alpha value is -2.17. The first-order valence-electron chi connectivity index (χ1n) is 7.14. The molecule has 1 aromatic heterocycles. The summed E-state index contributed by atoms with van der Waals surface area (Å²) in [6.45, 7) is 5.87. The molecule has 2 N–H and O–H groups in total. The molecule has 0 spiro atoms. The molecule has 5 heteroatoms. The number of aryl methyl sites for hydroxylation is 2. The van der Waals surface area contributed by atoms with Gasteiger partial charge in [0, 0.05) is 19.0 Å². The highest BCUT2D eigenvalue weighted by Crippen LogP contribution is 2.27. The molecular weight excluding hydrogens is 267 g/mol. The highest BCUT2D eigenvalue weighted by molar-refractivity contribution is 5.67. The van der Waals surface area contributed by atoms with Gasteiger partial charge in [-0.2, -0.15) is 0 Å². The number of nitrogens with zero attached hydrogens (tertiary/aromatic N) is 2. The van der Waals surface area contributed by atoms with Crippen LogP contribution in [0.5, 0.6) is 0 Å². The first-order chi connectivity index (χ1) is 10.1. The largest absolute Gasteiger partial charge is 0.373 e. The lowest BCUT2D eigenvalue weighted by Gasteiger charge is -2.15. The van der Waals surface area contributed by atoms with Gasteiger partial charge < -0.3 is 10.6 Å². The maximum atomic E-state index is 14.0. The molecule has 0 aliphatic carbocycles. The van der Waals surface area contributed by atoms with Gasteiger partial charge in [-0.3, -0.25) is 0 Å². The Labute approximate surface area is 124 Å². The summed E-state index contributed by atoms with van der Waals surface area (Å²) in [5, 5.41) is 6.18. The number of halogens is 1. The third-order valence-electron chi connectivity index (χ3n) is 3.37. The number of benzene rings is 1. The van der Waals surface area contributed by atoms with Crippen molar-refractivity contribution in [2.75, 3.05) is 17.7 Å². The zero-order chi connectivity index (χ0) is 15.4. The van der Waals surface area contributed by atoms with Gasteiger partial charge in [0.05, 0.1) is 5.69 Å². The Bertz CT molecular complexity index is 620. The normalized spacial score (nSPS) is 10.5. The Morgan fingerprint density at radius 2 is 1.86 bits per heavy atom. The Morgan fingerprint density at radius 1 is 1.14 bits per heavy atom. The van der Waals surface area contributed by atoms with E-state index in [0.29, 0.717) is 11.5 Å². The van der Waals surface area contributed by atoms with E-state index in [1.54, 1.807) is 6.07 Å². The van der Waals surface area contributed by atoms with E-state index in [4.69, 9.17) is 0 Å². The molecule has 0 saturated heterocycles. The maximum Gasteiger partial charge on any atom is 0.146 e. The predicted molar refractivity (Wildman–Crippen MR) is 84.7 cm³/mol. The van der Waals surface area contributed by atoms with Crippen LogP contribution in [0, 0.1) is 19.7 Å². The summed E-state index contributed by atoms with van der Waals surface area (Å²) >= 11 is 0. The number of hydrogen-bond donors (Lipinski definition) is 2. The van der Waals surface area contributed by atoms with E-state index in [9.17, 15) is 4.39 Å². The van der Waals surface area contributed by atoms with Crippen molar-refractivity contribution in [1.82, 2.24) is 9.97 Å². The first kappa shape index (κ1) is 15.2. The fraction of sp³-hybridized carbons (Fsp3) is 0.375. The summed E-state index contributed by atoms with van der Waals surface area (Å²) in [7, 11) is 1.82. The van der Waals surface area contributed by atoms with Crippen LogP contribution in [0.25, 0.3) is 0 Å². The molecule has 1 heterocycles. The van der Waals surface area contributed by atoms with Crippen LogP contribution in [0.3, 0.4) is 0 Å². The van der Waals surface area contributed by atoms with E-state index in [1.165, 1.54) is 6.07 Å². The maximum absolute atomic E-state index is 14.0. The van der Waals surface area contributed by atoms with Gasteiger partial charge >= 0.3 is 0 Å². The van der Waals surface area contributed by atoms with Crippen molar-refractivity contribution in [3.05, 3.63) is 41.0 Å². The molecule has 0 atom stereocenters. The topological polar surface area (TPSA) is 49.8 Å². The lowest BCUT2D eigenvalue weighted by molar-refractivity contribution is 0.630. The SMILES string of the molecule is CCCc1nc(NC)c(C)c(Nc2c(C)cccc2F)n1. The van der Waals surface area contributed by atoms with Crippen LogP contribution in [-0.2, 0) is 6.42 Å². The van der Waals surface area contributed by atoms with E-state index >= 15 is 0 Å². The average Bonchev–Trinajstić information content (AvgIpc) is 2.46. The summed E-state index contributed by atoms with van der Waals surface area (Å²) in [5.41, 5.74) is 2.18. The number of rotatable bonds is 5. The van der Waals surface area contributed by atoms with Crippen LogP contribution >= 0.6 is 0 Å². The monoisotopic (exact) mass is 288 g/mol. The summed E-state index contributed by atoms with van der Waals surface area (Å²) in [5.74, 6) is 1.89. The third-order valence-corrected chi connectivity index (χ3v) is 3.37. The average molecular weight is 288 g/mol. The van der Waals surface area contributed by atoms with Crippen molar-refractivity contribution < 1.29 is 4.39 Å². The molecule has 1 aromatic carbocycles. The van der Waals surface area contributed by atoms with Gasteiger partial charge in [-0.25, -0.2) is 14.4 Å². The zero-order valence-corrected chi connectivity index (χ0v) is 12.9. The molecule has 0 aliphatic rings. The van der Waals surface area contributed by atoms with Crippen molar-refractivity contribution in [2.24, 2.45) is 0 Å². The molecule has 0 aliphatic heterocycles. The van der Waals surface area contributed by atoms with Gasteiger partial charge in [0.25, 0.3) is 0 Å². The molecule has 0 amide bonds. The van der Waals surface area contributed by atoms with E-state index in [2.05, 4.69) is 27.5 Å². The Morgan fingerprint density at radius 3 is 2.48 bits per heavy atom. The minimum Gasteiger partial charge on any atom is -0.373 e. The minimum absolute atomic E-state index is 0.281. The van der Waals surface area contributed by atoms with Crippen LogP contribution in [0.4, 0.5) is 21.7 Å². The summed E-state index contributed by atoms with van der Waals surface area (Å²) in [6.07, 6.45) is 1.75. The molecule has 2 rings (SSSR count). The lowest BCUT2D eigenvalue weighted by atomic mass is 10.2. The second-order valence-corrected chi connectivity index (χ2v) is 5.02.